The Bertz CT molecular complexity index is 747. The molecule has 1 unspecified atom stereocenters. The number of hydrogen-bond acceptors (Lipinski definition) is 2. The molecule has 0 saturated carbocycles. The van der Waals surface area contributed by atoms with Crippen molar-refractivity contribution in [2.45, 2.75) is 26.3 Å². The van der Waals surface area contributed by atoms with E-state index in [-0.39, 0.29) is 5.82 Å². The van der Waals surface area contributed by atoms with E-state index >= 15 is 0 Å². The summed E-state index contributed by atoms with van der Waals surface area (Å²) in [5.74, 6) is 1.22. The number of rotatable bonds is 8. The van der Waals surface area contributed by atoms with Crippen molar-refractivity contribution < 1.29 is 4.39 Å². The second-order valence-electron chi connectivity index (χ2n) is 7.40. The minimum absolute atomic E-state index is 0.216. The molecule has 2 aromatic rings. The highest BCUT2D eigenvalue weighted by Crippen LogP contribution is 2.16. The van der Waals surface area contributed by atoms with Crippen LogP contribution in [0.3, 0.4) is 0 Å². The van der Waals surface area contributed by atoms with Gasteiger partial charge < -0.3 is 15.5 Å². The highest BCUT2D eigenvalue weighted by atomic mass is 19.1. The Balaban J connectivity index is 1.43. The number of hydrogen-bond donors (Lipinski definition) is 2. The van der Waals surface area contributed by atoms with E-state index in [0.29, 0.717) is 12.5 Å². The van der Waals surface area contributed by atoms with E-state index in [2.05, 4.69) is 57.8 Å². The van der Waals surface area contributed by atoms with E-state index < -0.39 is 0 Å². The van der Waals surface area contributed by atoms with E-state index in [4.69, 9.17) is 0 Å². The number of nitrogens with one attached hydrogen (secondary N) is 2. The van der Waals surface area contributed by atoms with E-state index in [1.807, 2.05) is 6.07 Å². The molecule has 0 radical (unpaired) electrons. The van der Waals surface area contributed by atoms with Crippen LogP contribution in [-0.2, 0) is 13.0 Å². The number of halogens is 1. The summed E-state index contributed by atoms with van der Waals surface area (Å²) < 4.78 is 13.3. The maximum atomic E-state index is 13.3. The van der Waals surface area contributed by atoms with Crippen molar-refractivity contribution in [3.8, 4) is 0 Å². The second kappa shape index (κ2) is 10.8. The molecule has 2 N–H and O–H groups in total. The van der Waals surface area contributed by atoms with Crippen molar-refractivity contribution in [3.63, 3.8) is 0 Å². The lowest BCUT2D eigenvalue weighted by Crippen LogP contribution is -2.40. The van der Waals surface area contributed by atoms with Gasteiger partial charge in [-0.05, 0) is 55.5 Å². The first-order valence-corrected chi connectivity index (χ1v) is 10.3. The third-order valence-corrected chi connectivity index (χ3v) is 5.14. The molecule has 0 aliphatic carbocycles. The van der Waals surface area contributed by atoms with Gasteiger partial charge in [0.2, 0.25) is 0 Å². The molecule has 1 fully saturated rings. The molecule has 28 heavy (non-hydrogen) atoms. The summed E-state index contributed by atoms with van der Waals surface area (Å²) in [5.41, 5.74) is 2.29. The SMILES string of the molecule is CCNC(=NCc1cccc(F)c1)NCC1CCN(CCc2ccccc2)C1. The van der Waals surface area contributed by atoms with Crippen LogP contribution in [0.5, 0.6) is 0 Å². The fraction of sp³-hybridized carbons (Fsp3) is 0.435. The molecule has 1 aliphatic rings. The number of nitrogens with zero attached hydrogens (tertiary/aromatic N) is 2. The van der Waals surface area contributed by atoms with Gasteiger partial charge in [0.25, 0.3) is 0 Å². The maximum absolute atomic E-state index is 13.3. The molecule has 0 spiro atoms. The first-order valence-electron chi connectivity index (χ1n) is 10.3. The largest absolute Gasteiger partial charge is 0.357 e. The van der Waals surface area contributed by atoms with Crippen LogP contribution in [0.25, 0.3) is 0 Å². The van der Waals surface area contributed by atoms with Crippen LogP contribution in [-0.4, -0.2) is 43.6 Å². The summed E-state index contributed by atoms with van der Waals surface area (Å²) in [4.78, 5) is 7.15. The van der Waals surface area contributed by atoms with Crippen molar-refractivity contribution in [1.82, 2.24) is 15.5 Å². The molecule has 0 bridgehead atoms. The lowest BCUT2D eigenvalue weighted by Gasteiger charge is -2.17. The summed E-state index contributed by atoms with van der Waals surface area (Å²) in [6.45, 7) is 7.66. The van der Waals surface area contributed by atoms with Gasteiger partial charge in [-0.15, -0.1) is 0 Å². The molecule has 150 valence electrons. The quantitative estimate of drug-likeness (QED) is 0.543. The Morgan fingerprint density at radius 3 is 2.71 bits per heavy atom. The average Bonchev–Trinajstić information content (AvgIpc) is 3.17. The van der Waals surface area contributed by atoms with Gasteiger partial charge >= 0.3 is 0 Å². The standard InChI is InChI=1S/C23H31FN4/c1-2-25-23(26-16-20-9-6-10-22(24)15-20)27-17-21-12-14-28(18-21)13-11-19-7-4-3-5-8-19/h3-10,15,21H,2,11-14,16-18H2,1H3,(H2,25,26,27). The van der Waals surface area contributed by atoms with Crippen LogP contribution in [0.2, 0.25) is 0 Å². The molecule has 1 aliphatic heterocycles. The van der Waals surface area contributed by atoms with Crippen LogP contribution in [0.1, 0.15) is 24.5 Å². The molecule has 1 saturated heterocycles. The second-order valence-corrected chi connectivity index (χ2v) is 7.40. The normalized spacial score (nSPS) is 17.6. The van der Waals surface area contributed by atoms with Crippen molar-refractivity contribution in [2.75, 3.05) is 32.7 Å². The third kappa shape index (κ3) is 6.64. The predicted octanol–water partition coefficient (Wildman–Crippen LogP) is 3.45. The molecule has 2 aromatic carbocycles. The molecule has 0 amide bonds. The number of likely N-dealkylation sites (tertiary alicyclic amines) is 1. The lowest BCUT2D eigenvalue weighted by atomic mass is 10.1. The summed E-state index contributed by atoms with van der Waals surface area (Å²) >= 11 is 0. The van der Waals surface area contributed by atoms with E-state index in [9.17, 15) is 4.39 Å². The maximum Gasteiger partial charge on any atom is 0.191 e. The van der Waals surface area contributed by atoms with Crippen LogP contribution >= 0.6 is 0 Å². The molecule has 1 atom stereocenters. The number of guanidine groups is 1. The van der Waals surface area contributed by atoms with E-state index in [1.165, 1.54) is 24.1 Å². The summed E-state index contributed by atoms with van der Waals surface area (Å²) in [7, 11) is 0. The smallest absolute Gasteiger partial charge is 0.191 e. The fourth-order valence-corrected chi connectivity index (χ4v) is 3.60. The average molecular weight is 383 g/mol. The summed E-state index contributed by atoms with van der Waals surface area (Å²) in [5, 5.41) is 6.74. The monoisotopic (exact) mass is 382 g/mol. The molecular formula is C23H31FN4. The lowest BCUT2D eigenvalue weighted by molar-refractivity contribution is 0.328. The van der Waals surface area contributed by atoms with E-state index in [1.54, 1.807) is 6.07 Å². The zero-order valence-corrected chi connectivity index (χ0v) is 16.7. The topological polar surface area (TPSA) is 39.7 Å². The molecular weight excluding hydrogens is 351 g/mol. The molecule has 0 aromatic heterocycles. The van der Waals surface area contributed by atoms with Gasteiger partial charge in [0.05, 0.1) is 6.54 Å². The zero-order chi connectivity index (χ0) is 19.6. The van der Waals surface area contributed by atoms with Gasteiger partial charge in [-0.2, -0.15) is 0 Å². The Morgan fingerprint density at radius 1 is 1.11 bits per heavy atom. The van der Waals surface area contributed by atoms with Crippen LogP contribution < -0.4 is 10.6 Å². The van der Waals surface area contributed by atoms with Crippen molar-refractivity contribution in [3.05, 3.63) is 71.5 Å². The minimum atomic E-state index is -0.216. The highest BCUT2D eigenvalue weighted by Gasteiger charge is 2.22. The predicted molar refractivity (Wildman–Crippen MR) is 114 cm³/mol. The Kier molecular flexibility index (Phi) is 7.85. The molecule has 1 heterocycles. The molecule has 3 rings (SSSR count). The van der Waals surface area contributed by atoms with E-state index in [0.717, 1.165) is 50.7 Å². The van der Waals surface area contributed by atoms with Crippen molar-refractivity contribution in [1.29, 1.82) is 0 Å². The van der Waals surface area contributed by atoms with Gasteiger partial charge in [-0.1, -0.05) is 42.5 Å². The Morgan fingerprint density at radius 2 is 1.93 bits per heavy atom. The highest BCUT2D eigenvalue weighted by molar-refractivity contribution is 5.79. The zero-order valence-electron chi connectivity index (χ0n) is 16.7. The first-order chi connectivity index (χ1) is 13.7. The number of aliphatic imine (C=N–C) groups is 1. The molecule has 5 heteroatoms. The van der Waals surface area contributed by atoms with Gasteiger partial charge in [0, 0.05) is 26.2 Å². The van der Waals surface area contributed by atoms with Crippen LogP contribution in [0, 0.1) is 11.7 Å². The summed E-state index contributed by atoms with van der Waals surface area (Å²) in [6, 6.07) is 17.3. The Hall–Kier alpha value is -2.40. The van der Waals surface area contributed by atoms with Crippen molar-refractivity contribution in [2.24, 2.45) is 10.9 Å². The fourth-order valence-electron chi connectivity index (χ4n) is 3.60. The van der Waals surface area contributed by atoms with Gasteiger partial charge in [-0.25, -0.2) is 9.38 Å². The first kappa shape index (κ1) is 20.3. The van der Waals surface area contributed by atoms with Crippen LogP contribution in [0.4, 0.5) is 4.39 Å². The van der Waals surface area contributed by atoms with Crippen molar-refractivity contribution >= 4 is 5.96 Å². The van der Waals surface area contributed by atoms with Crippen LogP contribution in [0.15, 0.2) is 59.6 Å². The number of benzene rings is 2. The molecule has 4 nitrogen and oxygen atoms in total. The minimum Gasteiger partial charge on any atom is -0.357 e. The van der Waals surface area contributed by atoms with Gasteiger partial charge in [-0.3, -0.25) is 0 Å². The van der Waals surface area contributed by atoms with Gasteiger partial charge in [0.15, 0.2) is 5.96 Å². The Labute approximate surface area is 167 Å². The summed E-state index contributed by atoms with van der Waals surface area (Å²) in [6.07, 6.45) is 2.32. The third-order valence-electron chi connectivity index (χ3n) is 5.14. The van der Waals surface area contributed by atoms with Gasteiger partial charge in [0.1, 0.15) is 5.82 Å².